The molecule has 1 aromatic heterocycles. The average molecular weight is 294 g/mol. The van der Waals surface area contributed by atoms with Gasteiger partial charge in [0.25, 0.3) is 5.91 Å². The number of amides is 1. The van der Waals surface area contributed by atoms with E-state index in [-0.39, 0.29) is 11.3 Å². The van der Waals surface area contributed by atoms with Gasteiger partial charge in [-0.3, -0.25) is 14.8 Å². The van der Waals surface area contributed by atoms with Crippen molar-refractivity contribution < 1.29 is 9.90 Å². The summed E-state index contributed by atoms with van der Waals surface area (Å²) < 4.78 is 0. The van der Waals surface area contributed by atoms with Crippen molar-refractivity contribution in [2.45, 2.75) is 45.8 Å². The Morgan fingerprint density at radius 1 is 1.38 bits per heavy atom. The molecule has 1 aliphatic rings. The van der Waals surface area contributed by atoms with Crippen molar-refractivity contribution in [3.8, 4) is 0 Å². The van der Waals surface area contributed by atoms with Crippen LogP contribution in [0.15, 0.2) is 6.20 Å². The Morgan fingerprint density at radius 3 is 2.52 bits per heavy atom. The molecule has 1 aromatic rings. The van der Waals surface area contributed by atoms with Gasteiger partial charge in [0.15, 0.2) is 0 Å². The lowest BCUT2D eigenvalue weighted by molar-refractivity contribution is -0.141. The molecule has 1 atom stereocenters. The van der Waals surface area contributed by atoms with E-state index in [4.69, 9.17) is 0 Å². The molecule has 0 bridgehead atoms. The van der Waals surface area contributed by atoms with Gasteiger partial charge < -0.3 is 10.0 Å². The van der Waals surface area contributed by atoms with E-state index in [1.165, 1.54) is 18.2 Å². The Bertz CT molecular complexity index is 482. The molecule has 1 amide bonds. The normalized spacial score (nSPS) is 18.8. The number of rotatable bonds is 3. The molecule has 2 heterocycles. The molecule has 6 heteroatoms. The zero-order chi connectivity index (χ0) is 15.6. The highest BCUT2D eigenvalue weighted by molar-refractivity contribution is 5.80. The van der Waals surface area contributed by atoms with Crippen LogP contribution in [0.1, 0.15) is 39.0 Å². The number of nitrogens with one attached hydrogen (secondary N) is 1. The quantitative estimate of drug-likeness (QED) is 0.862. The van der Waals surface area contributed by atoms with E-state index in [1.54, 1.807) is 4.90 Å². The van der Waals surface area contributed by atoms with Crippen LogP contribution in [-0.4, -0.2) is 63.3 Å². The highest BCUT2D eigenvalue weighted by Crippen LogP contribution is 2.24. The lowest BCUT2D eigenvalue weighted by atomic mass is 9.89. The summed E-state index contributed by atoms with van der Waals surface area (Å²) >= 11 is 0. The van der Waals surface area contributed by atoms with E-state index in [0.29, 0.717) is 13.1 Å². The maximum Gasteiger partial charge on any atom is 0.251 e. The molecule has 6 nitrogen and oxygen atoms in total. The lowest BCUT2D eigenvalue weighted by Crippen LogP contribution is -2.50. The molecule has 1 saturated heterocycles. The van der Waals surface area contributed by atoms with Crippen LogP contribution in [-0.2, 0) is 16.8 Å². The molecule has 0 radical (unpaired) electrons. The Labute approximate surface area is 126 Å². The van der Waals surface area contributed by atoms with Gasteiger partial charge in [-0.2, -0.15) is 5.10 Å². The molecule has 2 rings (SSSR count). The molecule has 0 saturated carbocycles. The number of aliphatic hydroxyl groups is 1. The predicted octanol–water partition coefficient (Wildman–Crippen LogP) is 0.732. The number of carbonyl (C=O) groups excluding carboxylic acids is 1. The van der Waals surface area contributed by atoms with Gasteiger partial charge in [-0.25, -0.2) is 0 Å². The SMILES string of the molecule is CC(O)C(=O)N1CCN(Cc2cn[nH]c2C(C)(C)C)CC1. The number of nitrogens with zero attached hydrogens (tertiary/aromatic N) is 3. The summed E-state index contributed by atoms with van der Waals surface area (Å²) in [6, 6.07) is 0. The Balaban J connectivity index is 1.93. The van der Waals surface area contributed by atoms with Crippen LogP contribution < -0.4 is 0 Å². The van der Waals surface area contributed by atoms with Crippen molar-refractivity contribution in [3.63, 3.8) is 0 Å². The summed E-state index contributed by atoms with van der Waals surface area (Å²) in [6.45, 7) is 11.9. The molecular weight excluding hydrogens is 268 g/mol. The van der Waals surface area contributed by atoms with E-state index in [9.17, 15) is 9.90 Å². The number of carbonyl (C=O) groups is 1. The highest BCUT2D eigenvalue weighted by Gasteiger charge is 2.26. The molecular formula is C15H26N4O2. The second-order valence-corrected chi connectivity index (χ2v) is 6.80. The number of aromatic nitrogens is 2. The Kier molecular flexibility index (Phi) is 4.68. The number of piperazine rings is 1. The summed E-state index contributed by atoms with van der Waals surface area (Å²) in [5.41, 5.74) is 2.44. The zero-order valence-corrected chi connectivity index (χ0v) is 13.4. The number of hydrogen-bond donors (Lipinski definition) is 2. The van der Waals surface area contributed by atoms with Crippen molar-refractivity contribution in [1.82, 2.24) is 20.0 Å². The van der Waals surface area contributed by atoms with Gasteiger partial charge in [0.2, 0.25) is 0 Å². The first-order valence-corrected chi connectivity index (χ1v) is 7.51. The molecule has 118 valence electrons. The average Bonchev–Trinajstić information content (AvgIpc) is 2.87. The zero-order valence-electron chi connectivity index (χ0n) is 13.4. The van der Waals surface area contributed by atoms with E-state index >= 15 is 0 Å². The topological polar surface area (TPSA) is 72.5 Å². The maximum absolute atomic E-state index is 11.7. The van der Waals surface area contributed by atoms with E-state index < -0.39 is 6.10 Å². The van der Waals surface area contributed by atoms with Crippen LogP contribution in [0.3, 0.4) is 0 Å². The minimum atomic E-state index is -0.905. The first-order valence-electron chi connectivity index (χ1n) is 7.51. The molecule has 0 aromatic carbocycles. The van der Waals surface area contributed by atoms with Gasteiger partial charge in [-0.05, 0) is 6.92 Å². The number of H-pyrrole nitrogens is 1. The van der Waals surface area contributed by atoms with Crippen molar-refractivity contribution >= 4 is 5.91 Å². The van der Waals surface area contributed by atoms with Crippen LogP contribution in [0.4, 0.5) is 0 Å². The minimum Gasteiger partial charge on any atom is -0.384 e. The largest absolute Gasteiger partial charge is 0.384 e. The van der Waals surface area contributed by atoms with Gasteiger partial charge in [0.05, 0.1) is 6.20 Å². The summed E-state index contributed by atoms with van der Waals surface area (Å²) in [5.74, 6) is -0.173. The van der Waals surface area contributed by atoms with Gasteiger partial charge in [-0.1, -0.05) is 20.8 Å². The number of aliphatic hydroxyl groups excluding tert-OH is 1. The summed E-state index contributed by atoms with van der Waals surface area (Å²) in [5, 5.41) is 16.6. The highest BCUT2D eigenvalue weighted by atomic mass is 16.3. The second kappa shape index (κ2) is 6.15. The van der Waals surface area contributed by atoms with E-state index in [1.807, 2.05) is 6.20 Å². The Morgan fingerprint density at radius 2 is 2.00 bits per heavy atom. The number of aromatic amines is 1. The van der Waals surface area contributed by atoms with Gasteiger partial charge in [0, 0.05) is 49.4 Å². The van der Waals surface area contributed by atoms with Gasteiger partial charge in [-0.15, -0.1) is 0 Å². The summed E-state index contributed by atoms with van der Waals surface area (Å²) in [4.78, 5) is 15.8. The van der Waals surface area contributed by atoms with Crippen LogP contribution in [0.2, 0.25) is 0 Å². The maximum atomic E-state index is 11.7. The third-order valence-corrected chi connectivity index (χ3v) is 3.90. The fourth-order valence-electron chi connectivity index (χ4n) is 2.71. The van der Waals surface area contributed by atoms with E-state index in [0.717, 1.165) is 19.6 Å². The molecule has 0 aliphatic carbocycles. The smallest absolute Gasteiger partial charge is 0.251 e. The molecule has 1 aliphatic heterocycles. The summed E-state index contributed by atoms with van der Waals surface area (Å²) in [6.07, 6.45) is 0.992. The van der Waals surface area contributed by atoms with Gasteiger partial charge >= 0.3 is 0 Å². The fourth-order valence-corrected chi connectivity index (χ4v) is 2.71. The monoisotopic (exact) mass is 294 g/mol. The van der Waals surface area contributed by atoms with Crippen molar-refractivity contribution in [3.05, 3.63) is 17.5 Å². The van der Waals surface area contributed by atoms with Crippen molar-refractivity contribution in [1.29, 1.82) is 0 Å². The van der Waals surface area contributed by atoms with Crippen LogP contribution in [0, 0.1) is 0 Å². The standard InChI is InChI=1S/C15H26N4O2/c1-11(20)14(21)19-7-5-18(6-8-19)10-12-9-16-17-13(12)15(2,3)4/h9,11,20H,5-8,10H2,1-4H3,(H,16,17). The fraction of sp³-hybridized carbons (Fsp3) is 0.733. The molecule has 2 N–H and O–H groups in total. The Hall–Kier alpha value is -1.40. The third-order valence-electron chi connectivity index (χ3n) is 3.90. The predicted molar refractivity (Wildman–Crippen MR) is 80.8 cm³/mol. The van der Waals surface area contributed by atoms with E-state index in [2.05, 4.69) is 35.9 Å². The van der Waals surface area contributed by atoms with Crippen LogP contribution in [0.5, 0.6) is 0 Å². The molecule has 1 unspecified atom stereocenters. The second-order valence-electron chi connectivity index (χ2n) is 6.80. The first-order chi connectivity index (χ1) is 9.79. The molecule has 21 heavy (non-hydrogen) atoms. The van der Waals surface area contributed by atoms with Crippen molar-refractivity contribution in [2.75, 3.05) is 26.2 Å². The minimum absolute atomic E-state index is 0.0515. The van der Waals surface area contributed by atoms with Crippen molar-refractivity contribution in [2.24, 2.45) is 0 Å². The van der Waals surface area contributed by atoms with Crippen LogP contribution in [0.25, 0.3) is 0 Å². The number of hydrogen-bond acceptors (Lipinski definition) is 4. The third kappa shape index (κ3) is 3.83. The lowest BCUT2D eigenvalue weighted by Gasteiger charge is -2.35. The summed E-state index contributed by atoms with van der Waals surface area (Å²) in [7, 11) is 0. The molecule has 1 fully saturated rings. The first kappa shape index (κ1) is 16.0. The molecule has 0 spiro atoms. The van der Waals surface area contributed by atoms with Gasteiger partial charge in [0.1, 0.15) is 6.10 Å². The van der Waals surface area contributed by atoms with Crippen LogP contribution >= 0.6 is 0 Å².